The Labute approximate surface area is 211 Å². The fourth-order valence-corrected chi connectivity index (χ4v) is 4.45. The van der Waals surface area contributed by atoms with Gasteiger partial charge >= 0.3 is 5.97 Å². The first-order valence-corrected chi connectivity index (χ1v) is 11.8. The van der Waals surface area contributed by atoms with Crippen LogP contribution in [0.4, 0.5) is 0 Å². The first kappa shape index (κ1) is 26.9. The average Bonchev–Trinajstić information content (AvgIpc) is 3.08. The Hall–Kier alpha value is -3.65. The van der Waals surface area contributed by atoms with Gasteiger partial charge in [0.2, 0.25) is 0 Å². The molecule has 1 atom stereocenters. The summed E-state index contributed by atoms with van der Waals surface area (Å²) < 4.78 is 15.8. The van der Waals surface area contributed by atoms with Crippen LogP contribution in [0, 0.1) is 6.92 Å². The fraction of sp³-hybridized carbons (Fsp3) is 0.393. The number of methoxy groups -OCH3 is 2. The van der Waals surface area contributed by atoms with Crippen molar-refractivity contribution in [2.75, 3.05) is 27.4 Å². The molecular weight excluding hydrogens is 462 g/mol. The molecule has 0 spiro atoms. The number of aliphatic hydroxyl groups excluding tert-OH is 1. The van der Waals surface area contributed by atoms with Crippen molar-refractivity contribution in [2.24, 2.45) is 0 Å². The largest absolute Gasteiger partial charge is 0.507 e. The third-order valence-corrected chi connectivity index (χ3v) is 6.20. The van der Waals surface area contributed by atoms with Crippen LogP contribution in [-0.4, -0.2) is 55.0 Å². The lowest BCUT2D eigenvalue weighted by molar-refractivity contribution is -0.140. The van der Waals surface area contributed by atoms with E-state index in [1.54, 1.807) is 38.5 Å². The third kappa shape index (κ3) is 5.44. The zero-order valence-corrected chi connectivity index (χ0v) is 21.6. The number of amides is 1. The number of carbonyl (C=O) groups is 3. The lowest BCUT2D eigenvalue weighted by atomic mass is 9.91. The number of ketones is 1. The van der Waals surface area contributed by atoms with Crippen molar-refractivity contribution in [2.45, 2.75) is 46.1 Å². The number of Topliss-reactive ketones (excluding diaryl/α,β-unsaturated/α-hetero) is 1. The van der Waals surface area contributed by atoms with E-state index in [0.717, 1.165) is 5.56 Å². The molecule has 1 heterocycles. The molecule has 36 heavy (non-hydrogen) atoms. The minimum Gasteiger partial charge on any atom is -0.507 e. The number of hydrogen-bond acceptors (Lipinski definition) is 7. The SMILES string of the molecule is COCCCN1C(=O)C(=O)/C(=C(/O)c2cc(C(C)C)c(OC)cc2C)C1c1ccc(OC(C)=O)cc1. The molecule has 8 nitrogen and oxygen atoms in total. The topological polar surface area (TPSA) is 102 Å². The molecule has 0 aromatic heterocycles. The predicted octanol–water partition coefficient (Wildman–Crippen LogP) is 4.51. The van der Waals surface area contributed by atoms with Crippen molar-refractivity contribution in [3.05, 3.63) is 64.2 Å². The maximum absolute atomic E-state index is 13.3. The molecule has 192 valence electrons. The van der Waals surface area contributed by atoms with Crippen LogP contribution in [0.5, 0.6) is 11.5 Å². The molecule has 1 unspecified atom stereocenters. The third-order valence-electron chi connectivity index (χ3n) is 6.20. The second-order valence-electron chi connectivity index (χ2n) is 9.07. The summed E-state index contributed by atoms with van der Waals surface area (Å²) >= 11 is 0. The number of nitrogens with zero attached hydrogens (tertiary/aromatic N) is 1. The van der Waals surface area contributed by atoms with Crippen molar-refractivity contribution in [1.82, 2.24) is 4.90 Å². The zero-order chi connectivity index (χ0) is 26.6. The lowest BCUT2D eigenvalue weighted by Gasteiger charge is -2.25. The first-order valence-electron chi connectivity index (χ1n) is 11.8. The van der Waals surface area contributed by atoms with Crippen LogP contribution in [0.25, 0.3) is 5.76 Å². The number of hydrogen-bond donors (Lipinski definition) is 1. The van der Waals surface area contributed by atoms with Crippen molar-refractivity contribution in [1.29, 1.82) is 0 Å². The Morgan fingerprint density at radius 2 is 1.78 bits per heavy atom. The van der Waals surface area contributed by atoms with Gasteiger partial charge in [-0.15, -0.1) is 0 Å². The van der Waals surface area contributed by atoms with Crippen LogP contribution in [0.1, 0.15) is 61.4 Å². The van der Waals surface area contributed by atoms with Crippen LogP contribution < -0.4 is 9.47 Å². The highest BCUT2D eigenvalue weighted by molar-refractivity contribution is 6.46. The Balaban J connectivity index is 2.18. The molecule has 0 bridgehead atoms. The normalized spacial score (nSPS) is 17.1. The number of carbonyl (C=O) groups excluding carboxylic acids is 3. The van der Waals surface area contributed by atoms with Crippen LogP contribution in [-0.2, 0) is 19.1 Å². The molecular formula is C28H33NO7. The summed E-state index contributed by atoms with van der Waals surface area (Å²) in [6, 6.07) is 9.40. The number of esters is 1. The van der Waals surface area contributed by atoms with E-state index in [9.17, 15) is 19.5 Å². The van der Waals surface area contributed by atoms with Crippen molar-refractivity contribution < 1.29 is 33.7 Å². The minimum atomic E-state index is -0.808. The van der Waals surface area contributed by atoms with Gasteiger partial charge in [-0.25, -0.2) is 0 Å². The molecule has 1 saturated heterocycles. The summed E-state index contributed by atoms with van der Waals surface area (Å²) in [6.07, 6.45) is 0.519. The predicted molar refractivity (Wildman–Crippen MR) is 135 cm³/mol. The number of aryl methyl sites for hydroxylation is 1. The van der Waals surface area contributed by atoms with Gasteiger partial charge in [-0.2, -0.15) is 0 Å². The van der Waals surface area contributed by atoms with E-state index in [1.165, 1.54) is 11.8 Å². The second kappa shape index (κ2) is 11.4. The molecule has 2 aromatic carbocycles. The van der Waals surface area contributed by atoms with Gasteiger partial charge in [0.15, 0.2) is 0 Å². The van der Waals surface area contributed by atoms with Crippen molar-refractivity contribution in [3.8, 4) is 11.5 Å². The Bertz CT molecular complexity index is 1180. The van der Waals surface area contributed by atoms with E-state index in [-0.39, 0.29) is 23.8 Å². The molecule has 0 radical (unpaired) electrons. The Kier molecular flexibility index (Phi) is 8.53. The van der Waals surface area contributed by atoms with Gasteiger partial charge in [-0.3, -0.25) is 14.4 Å². The molecule has 2 aromatic rings. The van der Waals surface area contributed by atoms with E-state index in [2.05, 4.69) is 0 Å². The monoisotopic (exact) mass is 495 g/mol. The zero-order valence-electron chi connectivity index (χ0n) is 21.6. The highest BCUT2D eigenvalue weighted by Crippen LogP contribution is 2.41. The number of benzene rings is 2. The number of ether oxygens (including phenoxy) is 3. The standard InChI is InChI=1S/C28H33NO7/c1-16(2)21-15-22(17(3)14-23(21)35-6)26(31)24-25(19-8-10-20(11-9-19)36-18(4)30)29(12-7-13-34-5)28(33)27(24)32/h8-11,14-16,25,31H,7,12-13H2,1-6H3/b26-24+. The summed E-state index contributed by atoms with van der Waals surface area (Å²) in [5.41, 5.74) is 2.68. The summed E-state index contributed by atoms with van der Waals surface area (Å²) in [4.78, 5) is 39.1. The number of rotatable bonds is 9. The quantitative estimate of drug-likeness (QED) is 0.136. The van der Waals surface area contributed by atoms with E-state index < -0.39 is 23.7 Å². The van der Waals surface area contributed by atoms with E-state index >= 15 is 0 Å². The second-order valence-corrected chi connectivity index (χ2v) is 9.07. The summed E-state index contributed by atoms with van der Waals surface area (Å²) in [7, 11) is 3.16. The molecule has 1 N–H and O–H groups in total. The smallest absolute Gasteiger partial charge is 0.308 e. The van der Waals surface area contributed by atoms with Crippen molar-refractivity contribution in [3.63, 3.8) is 0 Å². The van der Waals surface area contributed by atoms with Crippen LogP contribution in [0.3, 0.4) is 0 Å². The van der Waals surface area contributed by atoms with Gasteiger partial charge in [-0.05, 0) is 60.2 Å². The van der Waals surface area contributed by atoms with Gasteiger partial charge < -0.3 is 24.2 Å². The molecule has 1 fully saturated rings. The molecule has 1 amide bonds. The molecule has 0 aliphatic carbocycles. The highest BCUT2D eigenvalue weighted by Gasteiger charge is 2.46. The molecule has 8 heteroatoms. The van der Waals surface area contributed by atoms with Crippen LogP contribution in [0.15, 0.2) is 42.0 Å². The molecule has 1 aliphatic heterocycles. The van der Waals surface area contributed by atoms with Gasteiger partial charge in [0, 0.05) is 32.7 Å². The van der Waals surface area contributed by atoms with Crippen molar-refractivity contribution >= 4 is 23.4 Å². The minimum absolute atomic E-state index is 0.0145. The number of likely N-dealkylation sites (tertiary alicyclic amines) is 1. The molecule has 3 rings (SSSR count). The summed E-state index contributed by atoms with van der Waals surface area (Å²) in [5.74, 6) is -0.986. The number of aliphatic hydroxyl groups is 1. The van der Waals surface area contributed by atoms with Crippen LogP contribution >= 0.6 is 0 Å². The summed E-state index contributed by atoms with van der Waals surface area (Å²) in [5, 5.41) is 11.5. The lowest BCUT2D eigenvalue weighted by Crippen LogP contribution is -2.31. The first-order chi connectivity index (χ1) is 17.1. The maximum Gasteiger partial charge on any atom is 0.308 e. The highest BCUT2D eigenvalue weighted by atomic mass is 16.5. The summed E-state index contributed by atoms with van der Waals surface area (Å²) in [6.45, 7) is 7.83. The molecule has 1 aliphatic rings. The van der Waals surface area contributed by atoms with E-state index in [1.807, 2.05) is 32.9 Å². The van der Waals surface area contributed by atoms with Gasteiger partial charge in [-0.1, -0.05) is 26.0 Å². The molecule has 0 saturated carbocycles. The van der Waals surface area contributed by atoms with Gasteiger partial charge in [0.25, 0.3) is 11.7 Å². The fourth-order valence-electron chi connectivity index (χ4n) is 4.45. The Morgan fingerprint density at radius 1 is 1.11 bits per heavy atom. The van der Waals surface area contributed by atoms with Gasteiger partial charge in [0.05, 0.1) is 18.7 Å². The van der Waals surface area contributed by atoms with Crippen LogP contribution in [0.2, 0.25) is 0 Å². The van der Waals surface area contributed by atoms with Gasteiger partial charge in [0.1, 0.15) is 17.3 Å². The van der Waals surface area contributed by atoms with E-state index in [4.69, 9.17) is 14.2 Å². The average molecular weight is 496 g/mol. The van der Waals surface area contributed by atoms with E-state index in [0.29, 0.717) is 41.2 Å². The maximum atomic E-state index is 13.3. The Morgan fingerprint density at radius 3 is 2.33 bits per heavy atom.